The third kappa shape index (κ3) is 4.94. The minimum atomic E-state index is -0.727. The third-order valence-corrected chi connectivity index (χ3v) is 2.53. The molecule has 1 rings (SSSR count). The fourth-order valence-corrected chi connectivity index (χ4v) is 1.60. The zero-order valence-electron chi connectivity index (χ0n) is 12.8. The van der Waals surface area contributed by atoms with Gasteiger partial charge in [0.05, 0.1) is 12.0 Å². The number of carbonyl (C=O) groups excluding carboxylic acids is 1. The van der Waals surface area contributed by atoms with E-state index in [1.54, 1.807) is 27.7 Å². The smallest absolute Gasteiger partial charge is 0.328 e. The van der Waals surface area contributed by atoms with Gasteiger partial charge in [-0.05, 0) is 33.8 Å². The maximum Gasteiger partial charge on any atom is 0.328 e. The highest BCUT2D eigenvalue weighted by atomic mass is 16.6. The van der Waals surface area contributed by atoms with Crippen LogP contribution in [-0.2, 0) is 9.53 Å². The lowest BCUT2D eigenvalue weighted by Gasteiger charge is -2.23. The van der Waals surface area contributed by atoms with Crippen molar-refractivity contribution in [2.24, 2.45) is 0 Å². The normalized spacial score (nSPS) is 12.4. The molecule has 1 N–H and O–H groups in total. The summed E-state index contributed by atoms with van der Waals surface area (Å²) < 4.78 is 10.3. The van der Waals surface area contributed by atoms with Crippen LogP contribution in [0.2, 0.25) is 0 Å². The first kappa shape index (κ1) is 16.7. The molecule has 116 valence electrons. The molecule has 0 saturated heterocycles. The molecule has 7 heteroatoms. The van der Waals surface area contributed by atoms with E-state index in [9.17, 15) is 14.9 Å². The molecule has 7 nitrogen and oxygen atoms in total. The minimum absolute atomic E-state index is 0.133. The molecule has 0 fully saturated rings. The van der Waals surface area contributed by atoms with Crippen molar-refractivity contribution < 1.29 is 19.2 Å². The van der Waals surface area contributed by atoms with E-state index in [4.69, 9.17) is 9.47 Å². The van der Waals surface area contributed by atoms with Gasteiger partial charge in [-0.3, -0.25) is 10.1 Å². The lowest BCUT2D eigenvalue weighted by atomic mass is 10.2. The van der Waals surface area contributed by atoms with Crippen molar-refractivity contribution in [1.82, 2.24) is 0 Å². The molecule has 0 spiro atoms. The Kier molecular flexibility index (Phi) is 5.12. The number of methoxy groups -OCH3 is 1. The Morgan fingerprint density at radius 1 is 1.38 bits per heavy atom. The molecular weight excluding hydrogens is 276 g/mol. The molecule has 0 aromatic heterocycles. The number of nitrogens with one attached hydrogen (secondary N) is 1. The van der Waals surface area contributed by atoms with Gasteiger partial charge in [0.1, 0.15) is 23.1 Å². The third-order valence-electron chi connectivity index (χ3n) is 2.53. The second-order valence-corrected chi connectivity index (χ2v) is 5.54. The van der Waals surface area contributed by atoms with Gasteiger partial charge in [0, 0.05) is 12.1 Å². The number of esters is 1. The van der Waals surface area contributed by atoms with E-state index in [1.807, 2.05) is 0 Å². The number of nitrogens with zero attached hydrogens (tertiary/aromatic N) is 1. The number of nitro benzene ring substituents is 1. The van der Waals surface area contributed by atoms with E-state index in [0.717, 1.165) is 0 Å². The van der Waals surface area contributed by atoms with E-state index in [0.29, 0.717) is 5.75 Å². The lowest BCUT2D eigenvalue weighted by molar-refractivity contribution is -0.384. The molecule has 1 aromatic carbocycles. The van der Waals surface area contributed by atoms with Crippen LogP contribution in [0.5, 0.6) is 5.75 Å². The van der Waals surface area contributed by atoms with E-state index in [1.165, 1.54) is 25.3 Å². The quantitative estimate of drug-likeness (QED) is 0.510. The second kappa shape index (κ2) is 6.43. The molecule has 1 unspecified atom stereocenters. The van der Waals surface area contributed by atoms with Crippen LogP contribution in [0.15, 0.2) is 18.2 Å². The molecule has 0 bridgehead atoms. The number of hydrogen-bond acceptors (Lipinski definition) is 6. The summed E-state index contributed by atoms with van der Waals surface area (Å²) in [5.74, 6) is -0.0286. The zero-order valence-corrected chi connectivity index (χ0v) is 12.8. The lowest BCUT2D eigenvalue weighted by Crippen LogP contribution is -2.34. The standard InChI is InChI=1S/C14H20N2O5/c1-9(13(17)21-14(2,3)4)15-11-8-10(20-5)6-7-12(11)16(18)19/h6-9,15H,1-5H3. The number of nitro groups is 1. The van der Waals surface area contributed by atoms with Crippen LogP contribution in [0, 0.1) is 10.1 Å². The number of rotatable bonds is 5. The summed E-state index contributed by atoms with van der Waals surface area (Å²) in [6.45, 7) is 6.85. The van der Waals surface area contributed by atoms with Crippen molar-refractivity contribution in [3.05, 3.63) is 28.3 Å². The maximum atomic E-state index is 11.9. The Balaban J connectivity index is 2.95. The Bertz CT molecular complexity index is 537. The van der Waals surface area contributed by atoms with Crippen LogP contribution >= 0.6 is 0 Å². The largest absolute Gasteiger partial charge is 0.497 e. The summed E-state index contributed by atoms with van der Waals surface area (Å²) in [6, 6.07) is 3.55. The first-order valence-corrected chi connectivity index (χ1v) is 6.46. The Labute approximate surface area is 123 Å². The SMILES string of the molecule is COc1ccc([N+](=O)[O-])c(NC(C)C(=O)OC(C)(C)C)c1. The minimum Gasteiger partial charge on any atom is -0.497 e. The predicted octanol–water partition coefficient (Wildman–Crippen LogP) is 2.75. The van der Waals surface area contributed by atoms with Gasteiger partial charge in [-0.25, -0.2) is 4.79 Å². The topological polar surface area (TPSA) is 90.7 Å². The van der Waals surface area contributed by atoms with Gasteiger partial charge in [-0.1, -0.05) is 0 Å². The van der Waals surface area contributed by atoms with Crippen LogP contribution in [0.4, 0.5) is 11.4 Å². The van der Waals surface area contributed by atoms with Gasteiger partial charge in [0.25, 0.3) is 5.69 Å². The highest BCUT2D eigenvalue weighted by Crippen LogP contribution is 2.29. The molecule has 21 heavy (non-hydrogen) atoms. The van der Waals surface area contributed by atoms with Gasteiger partial charge < -0.3 is 14.8 Å². The number of anilines is 1. The summed E-state index contributed by atoms with van der Waals surface area (Å²) in [6.07, 6.45) is 0. The molecular formula is C14H20N2O5. The Hall–Kier alpha value is -2.31. The molecule has 0 aliphatic heterocycles. The van der Waals surface area contributed by atoms with Crippen LogP contribution in [0.3, 0.4) is 0 Å². The molecule has 0 amide bonds. The summed E-state index contributed by atoms with van der Waals surface area (Å²) >= 11 is 0. The van der Waals surface area contributed by atoms with Crippen molar-refractivity contribution >= 4 is 17.3 Å². The highest BCUT2D eigenvalue weighted by Gasteiger charge is 2.24. The summed E-state index contributed by atoms with van der Waals surface area (Å²) in [5, 5.41) is 13.8. The van der Waals surface area contributed by atoms with Gasteiger partial charge in [0.2, 0.25) is 0 Å². The first-order valence-electron chi connectivity index (χ1n) is 6.46. The van der Waals surface area contributed by atoms with E-state index >= 15 is 0 Å². The summed E-state index contributed by atoms with van der Waals surface area (Å²) in [5.41, 5.74) is -0.545. The van der Waals surface area contributed by atoms with Crippen LogP contribution in [0.25, 0.3) is 0 Å². The number of ether oxygens (including phenoxy) is 2. The zero-order chi connectivity index (χ0) is 16.2. The first-order chi connectivity index (χ1) is 9.64. The highest BCUT2D eigenvalue weighted by molar-refractivity contribution is 5.80. The van der Waals surface area contributed by atoms with E-state index in [2.05, 4.69) is 5.32 Å². The van der Waals surface area contributed by atoms with Crippen molar-refractivity contribution in [2.75, 3.05) is 12.4 Å². The van der Waals surface area contributed by atoms with Crippen LogP contribution in [-0.4, -0.2) is 29.6 Å². The van der Waals surface area contributed by atoms with Crippen molar-refractivity contribution in [3.8, 4) is 5.75 Å². The summed E-state index contributed by atoms with van der Waals surface area (Å²) in [7, 11) is 1.46. The Morgan fingerprint density at radius 2 is 2.00 bits per heavy atom. The number of benzene rings is 1. The van der Waals surface area contributed by atoms with Crippen LogP contribution in [0.1, 0.15) is 27.7 Å². The van der Waals surface area contributed by atoms with Gasteiger partial charge in [-0.2, -0.15) is 0 Å². The maximum absolute atomic E-state index is 11.9. The molecule has 0 heterocycles. The molecule has 1 aromatic rings. The fourth-order valence-electron chi connectivity index (χ4n) is 1.60. The monoisotopic (exact) mass is 296 g/mol. The van der Waals surface area contributed by atoms with Gasteiger partial charge in [0.15, 0.2) is 0 Å². The van der Waals surface area contributed by atoms with Crippen molar-refractivity contribution in [1.29, 1.82) is 0 Å². The molecule has 0 saturated carbocycles. The van der Waals surface area contributed by atoms with Crippen molar-refractivity contribution in [2.45, 2.75) is 39.3 Å². The average Bonchev–Trinajstić information content (AvgIpc) is 2.36. The Morgan fingerprint density at radius 3 is 2.48 bits per heavy atom. The molecule has 0 aliphatic rings. The van der Waals surface area contributed by atoms with Crippen molar-refractivity contribution in [3.63, 3.8) is 0 Å². The molecule has 0 radical (unpaired) electrons. The van der Waals surface area contributed by atoms with Gasteiger partial charge >= 0.3 is 5.97 Å². The number of carbonyl (C=O) groups is 1. The molecule has 0 aliphatic carbocycles. The second-order valence-electron chi connectivity index (χ2n) is 5.54. The molecule has 1 atom stereocenters. The van der Waals surface area contributed by atoms with Crippen LogP contribution < -0.4 is 10.1 Å². The van der Waals surface area contributed by atoms with E-state index in [-0.39, 0.29) is 11.4 Å². The fraction of sp³-hybridized carbons (Fsp3) is 0.500. The predicted molar refractivity (Wildman–Crippen MR) is 78.6 cm³/mol. The summed E-state index contributed by atoms with van der Waals surface area (Å²) in [4.78, 5) is 22.4. The van der Waals surface area contributed by atoms with Gasteiger partial charge in [-0.15, -0.1) is 0 Å². The van der Waals surface area contributed by atoms with E-state index < -0.39 is 22.5 Å². The average molecular weight is 296 g/mol. The number of hydrogen-bond donors (Lipinski definition) is 1.